The van der Waals surface area contributed by atoms with E-state index < -0.39 is 0 Å². The number of anilines is 3. The van der Waals surface area contributed by atoms with Crippen molar-refractivity contribution < 1.29 is 4.79 Å². The van der Waals surface area contributed by atoms with Gasteiger partial charge >= 0.3 is 0 Å². The molecule has 0 saturated carbocycles. The van der Waals surface area contributed by atoms with Crippen LogP contribution in [-0.2, 0) is 4.79 Å². The maximum absolute atomic E-state index is 11.5. The summed E-state index contributed by atoms with van der Waals surface area (Å²) in [5.74, 6) is 1.41. The number of amides is 1. The van der Waals surface area contributed by atoms with Gasteiger partial charge in [0.25, 0.3) is 0 Å². The Morgan fingerprint density at radius 3 is 2.72 bits per heavy atom. The highest BCUT2D eigenvalue weighted by molar-refractivity contribution is 5.80. The second-order valence-electron chi connectivity index (χ2n) is 3.81. The van der Waals surface area contributed by atoms with Crippen LogP contribution < -0.4 is 21.3 Å². The van der Waals surface area contributed by atoms with Crippen LogP contribution in [0.3, 0.4) is 0 Å². The van der Waals surface area contributed by atoms with Crippen LogP contribution in [0.4, 0.5) is 17.6 Å². The van der Waals surface area contributed by atoms with E-state index in [2.05, 4.69) is 20.6 Å². The summed E-state index contributed by atoms with van der Waals surface area (Å²) in [6.45, 7) is 3.03. The van der Waals surface area contributed by atoms with Crippen molar-refractivity contribution in [2.75, 3.05) is 43.1 Å². The van der Waals surface area contributed by atoms with Crippen molar-refractivity contribution in [3.8, 4) is 0 Å². The van der Waals surface area contributed by atoms with E-state index in [0.717, 1.165) is 13.0 Å². The van der Waals surface area contributed by atoms with Crippen LogP contribution in [0.15, 0.2) is 6.07 Å². The Bertz CT molecular complexity index is 409. The van der Waals surface area contributed by atoms with E-state index in [1.54, 1.807) is 20.2 Å². The second kappa shape index (κ2) is 6.63. The fourth-order valence-electron chi connectivity index (χ4n) is 1.54. The smallest absolute Gasteiger partial charge is 0.239 e. The van der Waals surface area contributed by atoms with E-state index in [-0.39, 0.29) is 18.4 Å². The van der Waals surface area contributed by atoms with E-state index in [1.807, 2.05) is 11.8 Å². The van der Waals surface area contributed by atoms with Crippen LogP contribution >= 0.6 is 0 Å². The van der Waals surface area contributed by atoms with Gasteiger partial charge in [0.15, 0.2) is 0 Å². The van der Waals surface area contributed by atoms with Gasteiger partial charge in [-0.15, -0.1) is 0 Å². The van der Waals surface area contributed by atoms with Gasteiger partial charge in [-0.1, -0.05) is 6.92 Å². The van der Waals surface area contributed by atoms with E-state index >= 15 is 0 Å². The van der Waals surface area contributed by atoms with Crippen molar-refractivity contribution in [1.29, 1.82) is 0 Å². The molecule has 0 aromatic carbocycles. The maximum atomic E-state index is 11.5. The van der Waals surface area contributed by atoms with Crippen molar-refractivity contribution in [3.63, 3.8) is 0 Å². The predicted octanol–water partition coefficient (Wildman–Crippen LogP) is 0.0629. The average Bonchev–Trinajstić information content (AvgIpc) is 2.37. The van der Waals surface area contributed by atoms with E-state index in [9.17, 15) is 4.79 Å². The number of carbonyl (C=O) groups is 1. The molecule has 100 valence electrons. The summed E-state index contributed by atoms with van der Waals surface area (Å²) in [6, 6.07) is 1.77. The minimum atomic E-state index is -0.0633. The molecule has 0 atom stereocenters. The molecule has 0 aliphatic rings. The summed E-state index contributed by atoms with van der Waals surface area (Å²) in [5, 5.41) is 5.51. The summed E-state index contributed by atoms with van der Waals surface area (Å²) in [5.41, 5.74) is 5.64. The molecule has 0 unspecified atom stereocenters. The number of nitrogens with one attached hydrogen (secondary N) is 2. The van der Waals surface area contributed by atoms with Crippen LogP contribution in [0.1, 0.15) is 13.3 Å². The lowest BCUT2D eigenvalue weighted by molar-refractivity contribution is -0.119. The number of hydrogen-bond donors (Lipinski definition) is 3. The molecular weight excluding hydrogens is 232 g/mol. The molecule has 0 spiro atoms. The normalized spacial score (nSPS) is 9.94. The molecular formula is C11H20N6O. The Hall–Kier alpha value is -2.05. The van der Waals surface area contributed by atoms with Gasteiger partial charge in [-0.25, -0.2) is 0 Å². The van der Waals surface area contributed by atoms with Gasteiger partial charge in [-0.3, -0.25) is 4.79 Å². The Morgan fingerprint density at radius 1 is 1.44 bits per heavy atom. The molecule has 4 N–H and O–H groups in total. The molecule has 1 aromatic heterocycles. The van der Waals surface area contributed by atoms with Gasteiger partial charge < -0.3 is 21.3 Å². The zero-order valence-corrected chi connectivity index (χ0v) is 11.0. The number of rotatable bonds is 6. The minimum absolute atomic E-state index is 0.0633. The van der Waals surface area contributed by atoms with Crippen molar-refractivity contribution in [3.05, 3.63) is 6.07 Å². The first-order chi connectivity index (χ1) is 8.60. The molecule has 0 aliphatic heterocycles. The number of aromatic nitrogens is 2. The molecule has 0 radical (unpaired) electrons. The van der Waals surface area contributed by atoms with E-state index in [1.165, 1.54) is 0 Å². The van der Waals surface area contributed by atoms with Crippen LogP contribution in [-0.4, -0.2) is 43.1 Å². The lowest BCUT2D eigenvalue weighted by Gasteiger charge is -2.22. The first-order valence-electron chi connectivity index (χ1n) is 5.88. The zero-order valence-electron chi connectivity index (χ0n) is 11.0. The third-order valence-corrected chi connectivity index (χ3v) is 2.42. The molecule has 0 bridgehead atoms. The van der Waals surface area contributed by atoms with Gasteiger partial charge in [0, 0.05) is 26.7 Å². The molecule has 7 nitrogen and oxygen atoms in total. The zero-order chi connectivity index (χ0) is 13.5. The maximum Gasteiger partial charge on any atom is 0.239 e. The fourth-order valence-corrected chi connectivity index (χ4v) is 1.54. The lowest BCUT2D eigenvalue weighted by atomic mass is 10.3. The number of carbonyl (C=O) groups excluding carboxylic acids is 1. The fraction of sp³-hybridized carbons (Fsp3) is 0.545. The summed E-state index contributed by atoms with van der Waals surface area (Å²) in [7, 11) is 3.37. The molecule has 1 aromatic rings. The molecule has 0 fully saturated rings. The highest BCUT2D eigenvalue weighted by Gasteiger charge is 2.13. The number of hydrogen-bond acceptors (Lipinski definition) is 6. The largest absolute Gasteiger partial charge is 0.373 e. The Labute approximate surface area is 107 Å². The lowest BCUT2D eigenvalue weighted by Crippen LogP contribution is -2.36. The highest BCUT2D eigenvalue weighted by atomic mass is 16.1. The summed E-state index contributed by atoms with van der Waals surface area (Å²) < 4.78 is 0. The molecule has 18 heavy (non-hydrogen) atoms. The molecule has 1 amide bonds. The standard InChI is InChI=1S/C11H20N6O/c1-4-5-17(7-10(18)14-3)9-6-8(13-2)15-11(12)16-9/h6H,4-5,7H2,1-3H3,(H,14,18)(H3,12,13,15,16). The Kier molecular flexibility index (Phi) is 5.16. The second-order valence-corrected chi connectivity index (χ2v) is 3.81. The number of nitrogens with two attached hydrogens (primary N) is 1. The van der Waals surface area contributed by atoms with Crippen molar-refractivity contribution in [1.82, 2.24) is 15.3 Å². The summed E-state index contributed by atoms with van der Waals surface area (Å²) >= 11 is 0. The van der Waals surface area contributed by atoms with E-state index in [4.69, 9.17) is 5.73 Å². The number of likely N-dealkylation sites (N-methyl/N-ethyl adjacent to an activating group) is 1. The molecule has 7 heteroatoms. The topological polar surface area (TPSA) is 96.2 Å². The first-order valence-corrected chi connectivity index (χ1v) is 5.88. The monoisotopic (exact) mass is 252 g/mol. The van der Waals surface area contributed by atoms with Crippen molar-refractivity contribution in [2.24, 2.45) is 0 Å². The molecule has 0 saturated heterocycles. The van der Waals surface area contributed by atoms with Crippen LogP contribution in [0.2, 0.25) is 0 Å². The van der Waals surface area contributed by atoms with E-state index in [0.29, 0.717) is 11.6 Å². The van der Waals surface area contributed by atoms with Gasteiger partial charge in [0.05, 0.1) is 6.54 Å². The quantitative estimate of drug-likeness (QED) is 0.662. The molecule has 1 rings (SSSR count). The van der Waals surface area contributed by atoms with Crippen LogP contribution in [0.25, 0.3) is 0 Å². The van der Waals surface area contributed by atoms with Crippen molar-refractivity contribution in [2.45, 2.75) is 13.3 Å². The molecule has 1 heterocycles. The number of nitrogen functional groups attached to an aromatic ring is 1. The first kappa shape index (κ1) is 14.0. The van der Waals surface area contributed by atoms with Gasteiger partial charge in [-0.05, 0) is 6.42 Å². The molecule has 0 aliphatic carbocycles. The minimum Gasteiger partial charge on any atom is -0.373 e. The third-order valence-electron chi connectivity index (χ3n) is 2.42. The predicted molar refractivity (Wildman–Crippen MR) is 72.6 cm³/mol. The van der Waals surface area contributed by atoms with Crippen LogP contribution in [0, 0.1) is 0 Å². The summed E-state index contributed by atoms with van der Waals surface area (Å²) in [4.78, 5) is 21.5. The summed E-state index contributed by atoms with van der Waals surface area (Å²) in [6.07, 6.45) is 0.912. The Morgan fingerprint density at radius 2 is 2.17 bits per heavy atom. The van der Waals surface area contributed by atoms with Crippen molar-refractivity contribution >= 4 is 23.5 Å². The third kappa shape index (κ3) is 3.76. The van der Waals surface area contributed by atoms with Gasteiger partial charge in [0.2, 0.25) is 11.9 Å². The number of nitrogens with zero attached hydrogens (tertiary/aromatic N) is 3. The highest BCUT2D eigenvalue weighted by Crippen LogP contribution is 2.16. The Balaban J connectivity index is 2.96. The van der Waals surface area contributed by atoms with Crippen LogP contribution in [0.5, 0.6) is 0 Å². The van der Waals surface area contributed by atoms with Gasteiger partial charge in [-0.2, -0.15) is 9.97 Å². The average molecular weight is 252 g/mol. The SMILES string of the molecule is CCCN(CC(=O)NC)c1cc(NC)nc(N)n1. The van der Waals surface area contributed by atoms with Gasteiger partial charge in [0.1, 0.15) is 11.6 Å².